The Kier molecular flexibility index (Phi) is 8.02. The Morgan fingerprint density at radius 1 is 1.10 bits per heavy atom. The molecular formula is C23H21Br2NO4S. The quantitative estimate of drug-likeness (QED) is 0.269. The largest absolute Gasteiger partial charge is 0.491 e. The van der Waals surface area contributed by atoms with Crippen LogP contribution >= 0.6 is 43.6 Å². The summed E-state index contributed by atoms with van der Waals surface area (Å²) in [4.78, 5) is 26.7. The molecule has 1 aliphatic rings. The molecule has 1 heterocycles. The summed E-state index contributed by atoms with van der Waals surface area (Å²) >= 11 is 7.89. The number of benzene rings is 2. The zero-order valence-corrected chi connectivity index (χ0v) is 21.1. The van der Waals surface area contributed by atoms with Crippen LogP contribution in [-0.4, -0.2) is 35.8 Å². The molecule has 1 fully saturated rings. The van der Waals surface area contributed by atoms with E-state index in [9.17, 15) is 9.59 Å². The maximum absolute atomic E-state index is 12.8. The first kappa shape index (κ1) is 23.6. The van der Waals surface area contributed by atoms with E-state index >= 15 is 0 Å². The van der Waals surface area contributed by atoms with E-state index in [1.807, 2.05) is 44.2 Å². The summed E-state index contributed by atoms with van der Waals surface area (Å²) < 4.78 is 12.9. The van der Waals surface area contributed by atoms with E-state index in [0.29, 0.717) is 17.3 Å². The maximum atomic E-state index is 12.8. The average molecular weight is 567 g/mol. The van der Waals surface area contributed by atoms with Gasteiger partial charge in [-0.05, 0) is 98.4 Å². The van der Waals surface area contributed by atoms with Crippen LogP contribution in [0.3, 0.4) is 0 Å². The zero-order chi connectivity index (χ0) is 22.5. The first-order valence-electron chi connectivity index (χ1n) is 9.48. The third kappa shape index (κ3) is 5.81. The molecule has 0 unspecified atom stereocenters. The molecule has 5 nitrogen and oxygen atoms in total. The van der Waals surface area contributed by atoms with Gasteiger partial charge in [0.25, 0.3) is 11.1 Å². The fraction of sp³-hybridized carbons (Fsp3) is 0.217. The minimum Gasteiger partial charge on any atom is -0.491 e. The minimum atomic E-state index is -0.321. The van der Waals surface area contributed by atoms with Gasteiger partial charge in [0, 0.05) is 0 Å². The monoisotopic (exact) mass is 565 g/mol. The fourth-order valence-electron chi connectivity index (χ4n) is 2.90. The van der Waals surface area contributed by atoms with Gasteiger partial charge in [-0.2, -0.15) is 0 Å². The van der Waals surface area contributed by atoms with Crippen molar-refractivity contribution in [2.24, 2.45) is 0 Å². The Balaban J connectivity index is 1.69. The number of halogens is 2. The van der Waals surface area contributed by atoms with Crippen LogP contribution in [0.1, 0.15) is 16.7 Å². The second kappa shape index (κ2) is 10.5. The van der Waals surface area contributed by atoms with Gasteiger partial charge >= 0.3 is 0 Å². The average Bonchev–Trinajstić information content (AvgIpc) is 2.97. The molecule has 0 atom stereocenters. The Labute approximate surface area is 202 Å². The number of ether oxygens (including phenoxy) is 2. The van der Waals surface area contributed by atoms with E-state index in [0.717, 1.165) is 43.1 Å². The van der Waals surface area contributed by atoms with Crippen molar-refractivity contribution in [3.8, 4) is 11.5 Å². The van der Waals surface area contributed by atoms with Crippen molar-refractivity contribution in [3.63, 3.8) is 0 Å². The highest BCUT2D eigenvalue weighted by atomic mass is 79.9. The van der Waals surface area contributed by atoms with Gasteiger partial charge in [-0.25, -0.2) is 0 Å². The van der Waals surface area contributed by atoms with Crippen LogP contribution in [0.15, 0.2) is 56.8 Å². The molecule has 0 aromatic heterocycles. The van der Waals surface area contributed by atoms with Crippen molar-refractivity contribution in [3.05, 3.63) is 73.5 Å². The van der Waals surface area contributed by atoms with Crippen LogP contribution in [-0.2, 0) is 4.79 Å². The lowest BCUT2D eigenvalue weighted by Gasteiger charge is -2.14. The van der Waals surface area contributed by atoms with E-state index in [1.54, 1.807) is 12.2 Å². The number of carbonyl (C=O) groups is 2. The molecule has 31 heavy (non-hydrogen) atoms. The molecule has 0 aliphatic carbocycles. The maximum Gasteiger partial charge on any atom is 0.293 e. The van der Waals surface area contributed by atoms with Crippen LogP contribution < -0.4 is 9.47 Å². The third-order valence-corrected chi connectivity index (χ3v) is 6.54. The molecular weight excluding hydrogens is 546 g/mol. The lowest BCUT2D eigenvalue weighted by Crippen LogP contribution is -2.32. The van der Waals surface area contributed by atoms with E-state index < -0.39 is 0 Å². The molecule has 8 heteroatoms. The first-order chi connectivity index (χ1) is 14.8. The van der Waals surface area contributed by atoms with Crippen LogP contribution in [0.5, 0.6) is 11.5 Å². The summed E-state index contributed by atoms with van der Waals surface area (Å²) in [5.41, 5.74) is 2.87. The van der Waals surface area contributed by atoms with E-state index in [1.165, 1.54) is 4.90 Å². The van der Waals surface area contributed by atoms with Crippen molar-refractivity contribution >= 4 is 60.8 Å². The Hall–Kier alpha value is -2.03. The number of rotatable bonds is 8. The van der Waals surface area contributed by atoms with Gasteiger partial charge in [-0.1, -0.05) is 24.8 Å². The highest BCUT2D eigenvalue weighted by Crippen LogP contribution is 2.37. The molecule has 0 spiro atoms. The van der Waals surface area contributed by atoms with Gasteiger partial charge in [0.15, 0.2) is 0 Å². The topological polar surface area (TPSA) is 55.8 Å². The molecule has 3 rings (SSSR count). The number of nitrogens with zero attached hydrogens (tertiary/aromatic N) is 1. The highest BCUT2D eigenvalue weighted by molar-refractivity contribution is 9.11. The smallest absolute Gasteiger partial charge is 0.293 e. The van der Waals surface area contributed by atoms with Gasteiger partial charge in [0.1, 0.15) is 24.7 Å². The van der Waals surface area contributed by atoms with Gasteiger partial charge in [0.05, 0.1) is 20.4 Å². The van der Waals surface area contributed by atoms with E-state index in [4.69, 9.17) is 9.47 Å². The lowest BCUT2D eigenvalue weighted by atomic mass is 10.1. The third-order valence-electron chi connectivity index (χ3n) is 4.45. The van der Waals surface area contributed by atoms with Gasteiger partial charge in [-0.15, -0.1) is 0 Å². The summed E-state index contributed by atoms with van der Waals surface area (Å²) in [5.74, 6) is 1.09. The molecule has 1 saturated heterocycles. The first-order valence-corrected chi connectivity index (χ1v) is 11.9. The molecule has 2 aromatic rings. The molecule has 2 amide bonds. The summed E-state index contributed by atoms with van der Waals surface area (Å²) in [6, 6.07) is 9.61. The van der Waals surface area contributed by atoms with Crippen molar-refractivity contribution < 1.29 is 19.1 Å². The number of carbonyl (C=O) groups excluding carboxylic acids is 2. The predicted octanol–water partition coefficient (Wildman–Crippen LogP) is 6.51. The van der Waals surface area contributed by atoms with Crippen LogP contribution in [0.2, 0.25) is 0 Å². The van der Waals surface area contributed by atoms with Crippen molar-refractivity contribution in [1.29, 1.82) is 0 Å². The minimum absolute atomic E-state index is 0.192. The van der Waals surface area contributed by atoms with Gasteiger partial charge in [0.2, 0.25) is 0 Å². The van der Waals surface area contributed by atoms with E-state index in [-0.39, 0.29) is 24.3 Å². The van der Waals surface area contributed by atoms with Crippen LogP contribution in [0, 0.1) is 13.8 Å². The molecule has 0 bridgehead atoms. The number of aryl methyl sites for hydroxylation is 2. The number of imide groups is 1. The summed E-state index contributed by atoms with van der Waals surface area (Å²) in [5, 5.41) is -0.301. The van der Waals surface area contributed by atoms with Crippen LogP contribution in [0.25, 0.3) is 6.08 Å². The van der Waals surface area contributed by atoms with Gasteiger partial charge < -0.3 is 9.47 Å². The molecule has 0 N–H and O–H groups in total. The summed E-state index contributed by atoms with van der Waals surface area (Å²) in [7, 11) is 0. The summed E-state index contributed by atoms with van der Waals surface area (Å²) in [6.45, 7) is 8.39. The van der Waals surface area contributed by atoms with Gasteiger partial charge in [-0.3, -0.25) is 14.5 Å². The highest BCUT2D eigenvalue weighted by Gasteiger charge is 2.34. The fourth-order valence-corrected chi connectivity index (χ4v) is 5.21. The predicted molar refractivity (Wildman–Crippen MR) is 132 cm³/mol. The van der Waals surface area contributed by atoms with Crippen molar-refractivity contribution in [2.75, 3.05) is 19.8 Å². The molecule has 162 valence electrons. The van der Waals surface area contributed by atoms with Crippen LogP contribution in [0.4, 0.5) is 4.79 Å². The van der Waals surface area contributed by atoms with Crippen molar-refractivity contribution in [2.45, 2.75) is 13.8 Å². The molecule has 0 saturated carbocycles. The lowest BCUT2D eigenvalue weighted by molar-refractivity contribution is -0.123. The standard InChI is InChI=1S/C23H21Br2NO4S/c1-4-8-30-21-17(24)11-16(12-18(21)25)13-20-22(27)26(23(28)31-20)7-9-29-19-10-14(2)5-6-15(19)3/h4-6,10-13H,1,7-9H2,2-3H3/b20-13-. The number of thioether (sulfide) groups is 1. The second-order valence-corrected chi connectivity index (χ2v) is 9.57. The Bertz CT molecular complexity index is 1040. The Morgan fingerprint density at radius 3 is 2.48 bits per heavy atom. The SMILES string of the molecule is C=CCOc1c(Br)cc(/C=C2\SC(=O)N(CCOc3cc(C)ccc3C)C2=O)cc1Br. The normalized spacial score (nSPS) is 15.0. The second-order valence-electron chi connectivity index (χ2n) is 6.86. The molecule has 1 aliphatic heterocycles. The number of hydrogen-bond donors (Lipinski definition) is 0. The number of hydrogen-bond acceptors (Lipinski definition) is 5. The summed E-state index contributed by atoms with van der Waals surface area (Å²) in [6.07, 6.45) is 3.36. The molecule has 0 radical (unpaired) electrons. The Morgan fingerprint density at radius 2 is 1.81 bits per heavy atom. The molecule has 2 aromatic carbocycles. The number of amides is 2. The van der Waals surface area contributed by atoms with E-state index in [2.05, 4.69) is 38.4 Å². The van der Waals surface area contributed by atoms with Crippen molar-refractivity contribution in [1.82, 2.24) is 4.90 Å². The zero-order valence-electron chi connectivity index (χ0n) is 17.1.